The van der Waals surface area contributed by atoms with Crippen molar-refractivity contribution in [3.63, 3.8) is 0 Å². The van der Waals surface area contributed by atoms with Crippen molar-refractivity contribution in [2.45, 2.75) is 19.4 Å². The highest BCUT2D eigenvalue weighted by atomic mass is 79.9. The van der Waals surface area contributed by atoms with Crippen molar-refractivity contribution < 1.29 is 9.47 Å². The van der Waals surface area contributed by atoms with Gasteiger partial charge >= 0.3 is 0 Å². The van der Waals surface area contributed by atoms with Gasteiger partial charge in [-0.2, -0.15) is 9.61 Å². The smallest absolute Gasteiger partial charge is 0.231 e. The van der Waals surface area contributed by atoms with Crippen LogP contribution in [0.3, 0.4) is 0 Å². The largest absolute Gasteiger partial charge is 0.454 e. The van der Waals surface area contributed by atoms with Gasteiger partial charge in [-0.1, -0.05) is 35.9 Å². The maximum absolute atomic E-state index is 6.47. The lowest BCUT2D eigenvalue weighted by Crippen LogP contribution is -2.37. The van der Waals surface area contributed by atoms with Crippen LogP contribution < -0.4 is 14.8 Å². The molecule has 2 aromatic carbocycles. The van der Waals surface area contributed by atoms with Crippen molar-refractivity contribution in [3.8, 4) is 22.8 Å². The maximum atomic E-state index is 6.47. The number of piperidine rings is 1. The van der Waals surface area contributed by atoms with Gasteiger partial charge in [0.1, 0.15) is 5.82 Å². The van der Waals surface area contributed by atoms with Gasteiger partial charge in [0.05, 0.1) is 16.4 Å². The van der Waals surface area contributed by atoms with Crippen molar-refractivity contribution in [2.24, 2.45) is 5.92 Å². The fourth-order valence-electron chi connectivity index (χ4n) is 4.88. The molecule has 1 atom stereocenters. The highest BCUT2D eigenvalue weighted by Crippen LogP contribution is 2.34. The number of hydrogen-bond donors (Lipinski definition) is 1. The molecule has 2 aliphatic rings. The van der Waals surface area contributed by atoms with Crippen LogP contribution in [0.15, 0.2) is 59.2 Å². The first-order valence-corrected chi connectivity index (χ1v) is 12.9. The van der Waals surface area contributed by atoms with Gasteiger partial charge in [-0.15, -0.1) is 0 Å². The van der Waals surface area contributed by atoms with E-state index in [1.165, 1.54) is 18.4 Å². The van der Waals surface area contributed by atoms with E-state index in [-0.39, 0.29) is 0 Å². The van der Waals surface area contributed by atoms with E-state index < -0.39 is 0 Å². The molecule has 180 valence electrons. The van der Waals surface area contributed by atoms with Crippen molar-refractivity contribution >= 4 is 39.0 Å². The molecule has 6 rings (SSSR count). The first-order valence-electron chi connectivity index (χ1n) is 11.8. The first-order chi connectivity index (χ1) is 17.1. The van der Waals surface area contributed by atoms with Crippen LogP contribution in [0.2, 0.25) is 5.02 Å². The van der Waals surface area contributed by atoms with Crippen LogP contribution in [0.1, 0.15) is 18.4 Å². The second kappa shape index (κ2) is 9.68. The van der Waals surface area contributed by atoms with Crippen LogP contribution in [0.4, 0.5) is 5.82 Å². The number of rotatable bonds is 6. The van der Waals surface area contributed by atoms with E-state index in [0.29, 0.717) is 17.7 Å². The lowest BCUT2D eigenvalue weighted by molar-refractivity contribution is 0.171. The van der Waals surface area contributed by atoms with E-state index in [4.69, 9.17) is 26.1 Å². The normalized spacial score (nSPS) is 17.7. The highest BCUT2D eigenvalue weighted by Gasteiger charge is 2.22. The van der Waals surface area contributed by atoms with Crippen LogP contribution in [0, 0.1) is 5.92 Å². The number of likely N-dealkylation sites (tertiary alicyclic amines) is 1. The molecule has 7 nitrogen and oxygen atoms in total. The number of benzene rings is 2. The Hall–Kier alpha value is -2.81. The molecule has 2 aliphatic heterocycles. The summed E-state index contributed by atoms with van der Waals surface area (Å²) in [5, 5.41) is 8.85. The molecule has 1 N–H and O–H groups in total. The Bertz CT molecular complexity index is 1380. The van der Waals surface area contributed by atoms with Crippen molar-refractivity contribution in [2.75, 3.05) is 31.7 Å². The maximum Gasteiger partial charge on any atom is 0.231 e. The predicted octanol–water partition coefficient (Wildman–Crippen LogP) is 5.87. The molecule has 1 fully saturated rings. The molecular weight excluding hydrogens is 530 g/mol. The number of halogens is 2. The molecule has 0 amide bonds. The third-order valence-electron chi connectivity index (χ3n) is 6.60. The number of anilines is 1. The molecule has 9 heteroatoms. The minimum Gasteiger partial charge on any atom is -0.454 e. The van der Waals surface area contributed by atoms with E-state index in [9.17, 15) is 0 Å². The van der Waals surface area contributed by atoms with Gasteiger partial charge in [0, 0.05) is 36.3 Å². The molecule has 2 aromatic heterocycles. The molecule has 0 saturated carbocycles. The zero-order valence-corrected chi connectivity index (χ0v) is 21.4. The van der Waals surface area contributed by atoms with Gasteiger partial charge in [0.2, 0.25) is 6.79 Å². The summed E-state index contributed by atoms with van der Waals surface area (Å²) in [5.74, 6) is 3.12. The Morgan fingerprint density at radius 1 is 1.11 bits per heavy atom. The summed E-state index contributed by atoms with van der Waals surface area (Å²) in [6, 6.07) is 16.1. The summed E-state index contributed by atoms with van der Waals surface area (Å²) in [6.45, 7) is 4.22. The molecule has 1 unspecified atom stereocenters. The highest BCUT2D eigenvalue weighted by molar-refractivity contribution is 9.10. The Labute approximate surface area is 217 Å². The van der Waals surface area contributed by atoms with Gasteiger partial charge in [-0.3, -0.25) is 4.90 Å². The van der Waals surface area contributed by atoms with Gasteiger partial charge < -0.3 is 14.8 Å². The number of ether oxygens (including phenoxy) is 2. The first kappa shape index (κ1) is 22.6. The number of hydrogen-bond acceptors (Lipinski definition) is 6. The molecule has 1 saturated heterocycles. The minimum absolute atomic E-state index is 0.309. The van der Waals surface area contributed by atoms with E-state index in [1.807, 2.05) is 40.9 Å². The Morgan fingerprint density at radius 2 is 2.00 bits per heavy atom. The van der Waals surface area contributed by atoms with Crippen LogP contribution in [-0.2, 0) is 6.54 Å². The van der Waals surface area contributed by atoms with E-state index in [0.717, 1.165) is 64.9 Å². The predicted molar refractivity (Wildman–Crippen MR) is 140 cm³/mol. The minimum atomic E-state index is 0.309. The molecule has 4 heterocycles. The summed E-state index contributed by atoms with van der Waals surface area (Å²) in [6.07, 6.45) is 4.15. The molecule has 4 aromatic rings. The Morgan fingerprint density at radius 3 is 2.91 bits per heavy atom. The van der Waals surface area contributed by atoms with Crippen LogP contribution in [0.5, 0.6) is 11.5 Å². The zero-order valence-electron chi connectivity index (χ0n) is 19.1. The van der Waals surface area contributed by atoms with Crippen LogP contribution >= 0.6 is 27.5 Å². The van der Waals surface area contributed by atoms with E-state index in [1.54, 1.807) is 6.20 Å². The monoisotopic (exact) mass is 553 g/mol. The molecule has 0 spiro atoms. The third kappa shape index (κ3) is 4.70. The zero-order chi connectivity index (χ0) is 23.8. The molecular formula is C26H25BrClN5O2. The van der Waals surface area contributed by atoms with Crippen molar-refractivity contribution in [1.82, 2.24) is 19.5 Å². The lowest BCUT2D eigenvalue weighted by Gasteiger charge is -2.33. The summed E-state index contributed by atoms with van der Waals surface area (Å²) in [5.41, 5.74) is 3.74. The van der Waals surface area contributed by atoms with Crippen LogP contribution in [0.25, 0.3) is 16.9 Å². The quantitative estimate of drug-likeness (QED) is 0.322. The second-order valence-corrected chi connectivity index (χ2v) is 10.3. The number of nitrogens with one attached hydrogen (secondary N) is 1. The van der Waals surface area contributed by atoms with Gasteiger partial charge in [0.25, 0.3) is 0 Å². The number of nitrogens with zero attached hydrogens (tertiary/aromatic N) is 4. The summed E-state index contributed by atoms with van der Waals surface area (Å²) >= 11 is 10.1. The molecule has 35 heavy (non-hydrogen) atoms. The second-order valence-electron chi connectivity index (χ2n) is 9.05. The topological polar surface area (TPSA) is 63.9 Å². The number of aromatic nitrogens is 3. The van der Waals surface area contributed by atoms with Gasteiger partial charge in [-0.05, 0) is 65.0 Å². The van der Waals surface area contributed by atoms with Gasteiger partial charge in [-0.25, -0.2) is 4.98 Å². The number of fused-ring (bicyclic) bond motifs is 2. The summed E-state index contributed by atoms with van der Waals surface area (Å²) in [4.78, 5) is 7.33. The third-order valence-corrected chi connectivity index (χ3v) is 7.49. The van der Waals surface area contributed by atoms with Gasteiger partial charge in [0.15, 0.2) is 17.1 Å². The SMILES string of the molecule is Clc1ccccc1-c1cc(NCC2CCCN(Cc3ccc4c(c3)OCO4)C2)n2ncc(Br)c2n1. The fourth-order valence-corrected chi connectivity index (χ4v) is 5.46. The lowest BCUT2D eigenvalue weighted by atomic mass is 9.97. The summed E-state index contributed by atoms with van der Waals surface area (Å²) < 4.78 is 13.7. The summed E-state index contributed by atoms with van der Waals surface area (Å²) in [7, 11) is 0. The standard InChI is InChI=1S/C26H25BrClN5O2/c27-20-13-30-33-25(11-22(31-26(20)33)19-5-1-2-6-21(19)28)29-12-18-4-3-9-32(15-18)14-17-7-8-23-24(10-17)35-16-34-23/h1-2,5-8,10-11,13,18,29H,3-4,9,12,14-16H2. The van der Waals surface area contributed by atoms with Crippen LogP contribution in [-0.4, -0.2) is 45.9 Å². The van der Waals surface area contributed by atoms with E-state index in [2.05, 4.69) is 43.4 Å². The average molecular weight is 555 g/mol. The van der Waals surface area contributed by atoms with Crippen molar-refractivity contribution in [1.29, 1.82) is 0 Å². The van der Waals surface area contributed by atoms with E-state index >= 15 is 0 Å². The molecule has 0 aliphatic carbocycles. The fraction of sp³-hybridized carbons (Fsp3) is 0.308. The van der Waals surface area contributed by atoms with Crippen molar-refractivity contribution in [3.05, 3.63) is 69.8 Å². The Kier molecular flexibility index (Phi) is 6.26. The average Bonchev–Trinajstić information content (AvgIpc) is 3.49. The molecule has 0 radical (unpaired) electrons. The Balaban J connectivity index is 1.17. The molecule has 0 bridgehead atoms.